The van der Waals surface area contributed by atoms with Gasteiger partial charge in [-0.1, -0.05) is 18.9 Å². The van der Waals surface area contributed by atoms with Gasteiger partial charge in [0.15, 0.2) is 0 Å². The van der Waals surface area contributed by atoms with Gasteiger partial charge in [-0.2, -0.15) is 0 Å². The second-order valence-electron chi connectivity index (χ2n) is 4.94. The number of rotatable bonds is 3. The quantitative estimate of drug-likeness (QED) is 0.697. The van der Waals surface area contributed by atoms with Crippen LogP contribution in [0.25, 0.3) is 0 Å². The van der Waals surface area contributed by atoms with E-state index in [0.29, 0.717) is 12.1 Å². The van der Waals surface area contributed by atoms with Crippen LogP contribution in [-0.4, -0.2) is 23.1 Å². The number of urea groups is 1. The molecular weight excluding hydrogens is 371 g/mol. The summed E-state index contributed by atoms with van der Waals surface area (Å²) in [4.78, 5) is 23.1. The molecule has 1 saturated carbocycles. The summed E-state index contributed by atoms with van der Waals surface area (Å²) in [5.74, 6) is -1.31. The monoisotopic (exact) mass is 388 g/mol. The zero-order chi connectivity index (χ0) is 14.5. The van der Waals surface area contributed by atoms with Crippen LogP contribution in [0, 0.1) is 9.49 Å². The molecule has 1 aromatic carbocycles. The van der Waals surface area contributed by atoms with Gasteiger partial charge in [-0.05, 0) is 53.6 Å². The van der Waals surface area contributed by atoms with E-state index >= 15 is 0 Å². The topological polar surface area (TPSA) is 78.4 Å². The van der Waals surface area contributed by atoms with Gasteiger partial charge in [0.25, 0.3) is 0 Å². The summed E-state index contributed by atoms with van der Waals surface area (Å²) in [5, 5.41) is 14.7. The van der Waals surface area contributed by atoms with Crippen molar-refractivity contribution in [1.82, 2.24) is 5.32 Å². The molecule has 108 valence electrons. The maximum absolute atomic E-state index is 11.9. The highest BCUT2D eigenvalue weighted by molar-refractivity contribution is 14.1. The van der Waals surface area contributed by atoms with Crippen molar-refractivity contribution in [2.24, 2.45) is 5.92 Å². The van der Waals surface area contributed by atoms with E-state index in [9.17, 15) is 14.7 Å². The normalized spacial score (nSPS) is 22.1. The van der Waals surface area contributed by atoms with Crippen molar-refractivity contribution in [1.29, 1.82) is 0 Å². The lowest BCUT2D eigenvalue weighted by molar-refractivity contribution is -0.143. The van der Waals surface area contributed by atoms with Crippen molar-refractivity contribution in [2.45, 2.75) is 31.7 Å². The molecule has 1 aromatic rings. The first-order valence-corrected chi connectivity index (χ1v) is 7.70. The van der Waals surface area contributed by atoms with Crippen molar-refractivity contribution in [3.8, 4) is 0 Å². The van der Waals surface area contributed by atoms with Gasteiger partial charge in [0.05, 0.1) is 5.92 Å². The maximum Gasteiger partial charge on any atom is 0.319 e. The maximum atomic E-state index is 11.9. The van der Waals surface area contributed by atoms with Crippen LogP contribution in [0.1, 0.15) is 25.7 Å². The standard InChI is InChI=1S/C14H17IN2O3/c15-9-4-3-5-10(8-9)16-14(20)17-12-7-2-1-6-11(12)13(18)19/h3-5,8,11-12H,1-2,6-7H2,(H,18,19)(H2,16,17,20). The Morgan fingerprint density at radius 2 is 2.00 bits per heavy atom. The molecule has 5 nitrogen and oxygen atoms in total. The summed E-state index contributed by atoms with van der Waals surface area (Å²) >= 11 is 2.17. The highest BCUT2D eigenvalue weighted by atomic mass is 127. The molecule has 2 unspecified atom stereocenters. The first kappa shape index (κ1) is 15.1. The first-order chi connectivity index (χ1) is 9.56. The number of aliphatic carboxylic acids is 1. The Kier molecular flexibility index (Phi) is 5.22. The van der Waals surface area contributed by atoms with Crippen LogP contribution in [0.5, 0.6) is 0 Å². The van der Waals surface area contributed by atoms with Gasteiger partial charge in [-0.3, -0.25) is 4.79 Å². The predicted octanol–water partition coefficient (Wildman–Crippen LogP) is 3.06. The lowest BCUT2D eigenvalue weighted by Gasteiger charge is -2.29. The van der Waals surface area contributed by atoms with Crippen molar-refractivity contribution in [3.63, 3.8) is 0 Å². The van der Waals surface area contributed by atoms with Gasteiger partial charge >= 0.3 is 12.0 Å². The van der Waals surface area contributed by atoms with Crippen LogP contribution in [0.2, 0.25) is 0 Å². The minimum atomic E-state index is -0.829. The lowest BCUT2D eigenvalue weighted by atomic mass is 9.84. The molecule has 0 bridgehead atoms. The molecule has 2 amide bonds. The molecule has 0 aromatic heterocycles. The number of nitrogens with one attached hydrogen (secondary N) is 2. The van der Waals surface area contributed by atoms with Crippen LogP contribution in [-0.2, 0) is 4.79 Å². The fourth-order valence-electron chi connectivity index (χ4n) is 2.50. The number of carboxylic acid groups (broad SMARTS) is 1. The average Bonchev–Trinajstić information content (AvgIpc) is 2.38. The third-order valence-corrected chi connectivity index (χ3v) is 4.15. The molecule has 0 spiro atoms. The molecule has 2 atom stereocenters. The van der Waals surface area contributed by atoms with Gasteiger partial charge in [0, 0.05) is 15.3 Å². The Bertz CT molecular complexity index is 507. The lowest BCUT2D eigenvalue weighted by Crippen LogP contribution is -2.46. The molecule has 0 saturated heterocycles. The fraction of sp³-hybridized carbons (Fsp3) is 0.429. The third kappa shape index (κ3) is 4.09. The van der Waals surface area contributed by atoms with E-state index in [1.165, 1.54) is 0 Å². The number of carbonyl (C=O) groups is 2. The Balaban J connectivity index is 1.94. The summed E-state index contributed by atoms with van der Waals surface area (Å²) in [7, 11) is 0. The molecule has 6 heteroatoms. The van der Waals surface area contributed by atoms with Crippen molar-refractivity contribution >= 4 is 40.3 Å². The average molecular weight is 388 g/mol. The zero-order valence-corrected chi connectivity index (χ0v) is 13.1. The second-order valence-corrected chi connectivity index (χ2v) is 6.19. The summed E-state index contributed by atoms with van der Waals surface area (Å²) in [5.41, 5.74) is 0.706. The van der Waals surface area contributed by atoms with Crippen LogP contribution < -0.4 is 10.6 Å². The molecule has 0 heterocycles. The fourth-order valence-corrected chi connectivity index (χ4v) is 3.04. The SMILES string of the molecule is O=C(Nc1cccc(I)c1)NC1CCCCC1C(=O)O. The van der Waals surface area contributed by atoms with E-state index < -0.39 is 11.9 Å². The minimum Gasteiger partial charge on any atom is -0.481 e. The smallest absolute Gasteiger partial charge is 0.319 e. The number of carboxylic acids is 1. The molecule has 1 fully saturated rings. The van der Waals surface area contributed by atoms with Crippen LogP contribution in [0.15, 0.2) is 24.3 Å². The Labute approximate surface area is 131 Å². The van der Waals surface area contributed by atoms with Gasteiger partial charge in [0.1, 0.15) is 0 Å². The molecule has 2 rings (SSSR count). The Hall–Kier alpha value is -1.31. The number of hydrogen-bond donors (Lipinski definition) is 3. The van der Waals surface area contributed by atoms with E-state index in [4.69, 9.17) is 0 Å². The number of hydrogen-bond acceptors (Lipinski definition) is 2. The van der Waals surface area contributed by atoms with Crippen LogP contribution >= 0.6 is 22.6 Å². The second kappa shape index (κ2) is 6.92. The summed E-state index contributed by atoms with van der Waals surface area (Å²) in [6.45, 7) is 0. The molecule has 1 aliphatic carbocycles. The highest BCUT2D eigenvalue weighted by Gasteiger charge is 2.31. The Morgan fingerprint density at radius 3 is 2.70 bits per heavy atom. The number of carbonyl (C=O) groups excluding carboxylic acids is 1. The minimum absolute atomic E-state index is 0.288. The van der Waals surface area contributed by atoms with Gasteiger partial charge < -0.3 is 15.7 Å². The zero-order valence-electron chi connectivity index (χ0n) is 10.9. The van der Waals surface area contributed by atoms with Gasteiger partial charge in [0.2, 0.25) is 0 Å². The molecule has 1 aliphatic rings. The molecular formula is C14H17IN2O3. The van der Waals surface area contributed by atoms with Gasteiger partial charge in [-0.25, -0.2) is 4.79 Å². The summed E-state index contributed by atoms with van der Waals surface area (Å²) in [6.07, 6.45) is 3.21. The summed E-state index contributed by atoms with van der Waals surface area (Å²) < 4.78 is 1.03. The largest absolute Gasteiger partial charge is 0.481 e. The highest BCUT2D eigenvalue weighted by Crippen LogP contribution is 2.24. The number of anilines is 1. The van der Waals surface area contributed by atoms with E-state index in [1.54, 1.807) is 6.07 Å². The van der Waals surface area contributed by atoms with Gasteiger partial charge in [-0.15, -0.1) is 0 Å². The van der Waals surface area contributed by atoms with E-state index in [1.807, 2.05) is 18.2 Å². The summed E-state index contributed by atoms with van der Waals surface area (Å²) in [6, 6.07) is 6.82. The predicted molar refractivity (Wildman–Crippen MR) is 84.7 cm³/mol. The van der Waals surface area contributed by atoms with E-state index in [2.05, 4.69) is 33.2 Å². The third-order valence-electron chi connectivity index (χ3n) is 3.48. The Morgan fingerprint density at radius 1 is 1.25 bits per heavy atom. The van der Waals surface area contributed by atoms with E-state index in [0.717, 1.165) is 22.8 Å². The number of halogens is 1. The molecule has 20 heavy (non-hydrogen) atoms. The number of benzene rings is 1. The van der Waals surface area contributed by atoms with Crippen molar-refractivity contribution in [3.05, 3.63) is 27.8 Å². The van der Waals surface area contributed by atoms with Crippen LogP contribution in [0.4, 0.5) is 10.5 Å². The molecule has 0 aliphatic heterocycles. The molecule has 3 N–H and O–H groups in total. The molecule has 0 radical (unpaired) electrons. The van der Waals surface area contributed by atoms with Crippen LogP contribution in [0.3, 0.4) is 0 Å². The van der Waals surface area contributed by atoms with Crippen molar-refractivity contribution < 1.29 is 14.7 Å². The van der Waals surface area contributed by atoms with Crippen molar-refractivity contribution in [2.75, 3.05) is 5.32 Å². The first-order valence-electron chi connectivity index (χ1n) is 6.62. The van der Waals surface area contributed by atoms with E-state index in [-0.39, 0.29) is 12.1 Å². The number of amides is 2.